The molecule has 7 nitrogen and oxygen atoms in total. The van der Waals surface area contributed by atoms with Crippen molar-refractivity contribution in [1.29, 1.82) is 0 Å². The van der Waals surface area contributed by atoms with E-state index in [4.69, 9.17) is 0 Å². The van der Waals surface area contributed by atoms with E-state index in [1.165, 1.54) is 0 Å². The fourth-order valence-corrected chi connectivity index (χ4v) is 3.67. The minimum Gasteiger partial charge on any atom is -0.353 e. The minimum absolute atomic E-state index is 0.0786. The third-order valence-corrected chi connectivity index (χ3v) is 5.28. The van der Waals surface area contributed by atoms with Crippen LogP contribution >= 0.6 is 0 Å². The lowest BCUT2D eigenvalue weighted by Crippen LogP contribution is -2.49. The van der Waals surface area contributed by atoms with E-state index in [1.807, 2.05) is 50.2 Å². The van der Waals surface area contributed by atoms with Gasteiger partial charge in [-0.05, 0) is 56.0 Å². The van der Waals surface area contributed by atoms with Crippen molar-refractivity contribution in [3.63, 3.8) is 0 Å². The number of nitrogens with one attached hydrogen (secondary N) is 3. The molecule has 0 saturated carbocycles. The average molecular weight is 390 g/mol. The van der Waals surface area contributed by atoms with E-state index >= 15 is 0 Å². The molecule has 3 N–H and O–H groups in total. The van der Waals surface area contributed by atoms with Crippen LogP contribution in [0.5, 0.6) is 0 Å². The first-order valence-corrected chi connectivity index (χ1v) is 9.94. The van der Waals surface area contributed by atoms with Crippen molar-refractivity contribution >= 4 is 17.5 Å². The molecular formula is C22H26N6O. The summed E-state index contributed by atoms with van der Waals surface area (Å²) in [4.78, 5) is 18.8. The molecule has 1 aliphatic rings. The fourth-order valence-electron chi connectivity index (χ4n) is 3.67. The molecule has 1 unspecified atom stereocenters. The van der Waals surface area contributed by atoms with E-state index in [1.54, 1.807) is 12.4 Å². The number of aromatic nitrogens is 3. The van der Waals surface area contributed by atoms with Gasteiger partial charge in [-0.1, -0.05) is 12.1 Å². The molecule has 1 atom stereocenters. The number of piperidine rings is 1. The Morgan fingerprint density at radius 3 is 2.83 bits per heavy atom. The molecule has 2 aromatic heterocycles. The highest BCUT2D eigenvalue weighted by Crippen LogP contribution is 2.24. The Labute approximate surface area is 170 Å². The van der Waals surface area contributed by atoms with Gasteiger partial charge in [0.05, 0.1) is 5.69 Å². The van der Waals surface area contributed by atoms with Gasteiger partial charge < -0.3 is 15.5 Å². The lowest BCUT2D eigenvalue weighted by Gasteiger charge is -2.33. The topological polar surface area (TPSA) is 85.9 Å². The normalized spacial score (nSPS) is 16.5. The number of amides is 2. The number of aryl methyl sites for hydroxylation is 2. The number of benzene rings is 1. The van der Waals surface area contributed by atoms with Crippen LogP contribution in [0.25, 0.3) is 11.3 Å². The molecule has 1 aromatic carbocycles. The summed E-state index contributed by atoms with van der Waals surface area (Å²) in [6.07, 6.45) is 5.50. The van der Waals surface area contributed by atoms with Crippen molar-refractivity contribution in [2.24, 2.45) is 0 Å². The van der Waals surface area contributed by atoms with E-state index < -0.39 is 0 Å². The predicted octanol–water partition coefficient (Wildman–Crippen LogP) is 3.88. The molecule has 1 fully saturated rings. The number of pyridine rings is 1. The number of urea groups is 1. The molecule has 150 valence electrons. The molecule has 3 heterocycles. The number of carbonyl (C=O) groups is 1. The Kier molecular flexibility index (Phi) is 5.46. The van der Waals surface area contributed by atoms with Gasteiger partial charge in [-0.15, -0.1) is 0 Å². The van der Waals surface area contributed by atoms with Crippen LogP contribution in [-0.2, 0) is 0 Å². The molecule has 29 heavy (non-hydrogen) atoms. The monoisotopic (exact) mass is 390 g/mol. The Balaban J connectivity index is 1.38. The number of carbonyl (C=O) groups excluding carboxylic acids is 1. The number of rotatable bonds is 4. The largest absolute Gasteiger partial charge is 0.353 e. The lowest BCUT2D eigenvalue weighted by atomic mass is 10.1. The number of aromatic amines is 1. The summed E-state index contributed by atoms with van der Waals surface area (Å²) in [7, 11) is 0. The van der Waals surface area contributed by atoms with Gasteiger partial charge in [0.25, 0.3) is 0 Å². The van der Waals surface area contributed by atoms with E-state index in [0.717, 1.165) is 59.8 Å². The van der Waals surface area contributed by atoms with Crippen LogP contribution < -0.4 is 15.5 Å². The summed E-state index contributed by atoms with van der Waals surface area (Å²) in [5.41, 5.74) is 5.04. The van der Waals surface area contributed by atoms with Gasteiger partial charge in [0.1, 0.15) is 0 Å². The highest BCUT2D eigenvalue weighted by atomic mass is 16.2. The van der Waals surface area contributed by atoms with Crippen LogP contribution in [0.4, 0.5) is 16.3 Å². The Hall–Kier alpha value is -3.35. The van der Waals surface area contributed by atoms with Crippen LogP contribution in [0.3, 0.4) is 0 Å². The predicted molar refractivity (Wildman–Crippen MR) is 115 cm³/mol. The fraction of sp³-hybridized carbons (Fsp3) is 0.318. The van der Waals surface area contributed by atoms with Gasteiger partial charge in [0, 0.05) is 48.8 Å². The number of hydrogen-bond donors (Lipinski definition) is 3. The van der Waals surface area contributed by atoms with Crippen LogP contribution in [-0.4, -0.2) is 40.3 Å². The molecule has 0 radical (unpaired) electrons. The first-order valence-electron chi connectivity index (χ1n) is 9.94. The summed E-state index contributed by atoms with van der Waals surface area (Å²) in [5.74, 6) is 0.901. The molecule has 7 heteroatoms. The van der Waals surface area contributed by atoms with Crippen molar-refractivity contribution in [2.75, 3.05) is 23.3 Å². The lowest BCUT2D eigenvalue weighted by molar-refractivity contribution is 0.246. The smallest absolute Gasteiger partial charge is 0.319 e. The Morgan fingerprint density at radius 1 is 1.17 bits per heavy atom. The van der Waals surface area contributed by atoms with Crippen LogP contribution in [0, 0.1) is 13.8 Å². The van der Waals surface area contributed by atoms with E-state index in [9.17, 15) is 4.79 Å². The van der Waals surface area contributed by atoms with Crippen molar-refractivity contribution < 1.29 is 4.79 Å². The van der Waals surface area contributed by atoms with Crippen LogP contribution in [0.15, 0.2) is 48.8 Å². The quantitative estimate of drug-likeness (QED) is 0.631. The third kappa shape index (κ3) is 4.56. The Bertz CT molecular complexity index is 984. The average Bonchev–Trinajstić information content (AvgIpc) is 3.22. The second-order valence-electron chi connectivity index (χ2n) is 7.58. The van der Waals surface area contributed by atoms with Crippen molar-refractivity contribution in [1.82, 2.24) is 20.5 Å². The molecule has 3 aromatic rings. The number of nitrogens with zero attached hydrogens (tertiary/aromatic N) is 3. The molecule has 1 aliphatic heterocycles. The number of H-pyrrole nitrogens is 1. The maximum Gasteiger partial charge on any atom is 0.319 e. The molecule has 0 bridgehead atoms. The van der Waals surface area contributed by atoms with Crippen LogP contribution in [0.1, 0.15) is 24.0 Å². The van der Waals surface area contributed by atoms with E-state index in [0.29, 0.717) is 0 Å². The van der Waals surface area contributed by atoms with Gasteiger partial charge in [-0.2, -0.15) is 5.10 Å². The maximum atomic E-state index is 12.5. The van der Waals surface area contributed by atoms with E-state index in [-0.39, 0.29) is 12.1 Å². The van der Waals surface area contributed by atoms with Gasteiger partial charge in [-0.3, -0.25) is 10.1 Å². The van der Waals surface area contributed by atoms with E-state index in [2.05, 4.69) is 30.7 Å². The third-order valence-electron chi connectivity index (χ3n) is 5.28. The van der Waals surface area contributed by atoms with Gasteiger partial charge in [0.15, 0.2) is 5.82 Å². The molecule has 4 rings (SSSR count). The number of anilines is 2. The summed E-state index contributed by atoms with van der Waals surface area (Å²) in [6.45, 7) is 5.68. The van der Waals surface area contributed by atoms with Gasteiger partial charge >= 0.3 is 6.03 Å². The standard InChI is InChI=1S/C22H26N6O/c1-15-5-6-16(2)19(12-15)25-22(29)24-18-4-3-11-28(14-18)21-13-20(26-27-21)17-7-9-23-10-8-17/h5-10,12-13,18H,3-4,11,14H2,1-2H3,(H,26,27)(H2,24,25,29). The maximum absolute atomic E-state index is 12.5. The minimum atomic E-state index is -0.162. The first kappa shape index (κ1) is 19.0. The van der Waals surface area contributed by atoms with Crippen molar-refractivity contribution in [3.05, 3.63) is 59.9 Å². The summed E-state index contributed by atoms with van der Waals surface area (Å²) >= 11 is 0. The molecule has 0 spiro atoms. The van der Waals surface area contributed by atoms with Crippen molar-refractivity contribution in [2.45, 2.75) is 32.7 Å². The summed E-state index contributed by atoms with van der Waals surface area (Å²) in [5, 5.41) is 13.7. The van der Waals surface area contributed by atoms with Gasteiger partial charge in [0.2, 0.25) is 0 Å². The summed E-state index contributed by atoms with van der Waals surface area (Å²) in [6, 6.07) is 11.9. The SMILES string of the molecule is Cc1ccc(C)c(NC(=O)NC2CCCN(c3cc(-c4ccncc4)[nH]n3)C2)c1. The highest BCUT2D eigenvalue weighted by Gasteiger charge is 2.23. The van der Waals surface area contributed by atoms with Gasteiger partial charge in [-0.25, -0.2) is 4.79 Å². The molecular weight excluding hydrogens is 364 g/mol. The van der Waals surface area contributed by atoms with Crippen molar-refractivity contribution in [3.8, 4) is 11.3 Å². The number of hydrogen-bond acceptors (Lipinski definition) is 4. The second kappa shape index (κ2) is 8.34. The first-order chi connectivity index (χ1) is 14.1. The van der Waals surface area contributed by atoms with Crippen LogP contribution in [0.2, 0.25) is 0 Å². The zero-order valence-corrected chi connectivity index (χ0v) is 16.8. The zero-order chi connectivity index (χ0) is 20.2. The molecule has 2 amide bonds. The molecule has 0 aliphatic carbocycles. The Morgan fingerprint density at radius 2 is 2.00 bits per heavy atom. The molecule has 1 saturated heterocycles. The second-order valence-corrected chi connectivity index (χ2v) is 7.58. The summed E-state index contributed by atoms with van der Waals surface area (Å²) < 4.78 is 0. The zero-order valence-electron chi connectivity index (χ0n) is 16.8. The highest BCUT2D eigenvalue weighted by molar-refractivity contribution is 5.90.